The lowest BCUT2D eigenvalue weighted by Crippen LogP contribution is -2.38. The van der Waals surface area contributed by atoms with Crippen LogP contribution in [0.3, 0.4) is 0 Å². The quantitative estimate of drug-likeness (QED) is 0.0909. The van der Waals surface area contributed by atoms with E-state index in [2.05, 4.69) is 28.8 Å². The smallest absolute Gasteiger partial charge is 0.311 e. The fraction of sp³-hybridized carbons (Fsp3) is 0.741. The Morgan fingerprint density at radius 1 is 1.05 bits per heavy atom. The van der Waals surface area contributed by atoms with Crippen LogP contribution >= 0.6 is 22.9 Å². The first-order valence-electron chi connectivity index (χ1n) is 14.0. The van der Waals surface area contributed by atoms with E-state index in [-0.39, 0.29) is 41.4 Å². The van der Waals surface area contributed by atoms with Crippen LogP contribution in [0, 0.1) is 5.92 Å². The van der Waals surface area contributed by atoms with Crippen molar-refractivity contribution in [1.29, 1.82) is 0 Å². The van der Waals surface area contributed by atoms with Crippen molar-refractivity contribution in [3.05, 3.63) is 16.2 Å². The fourth-order valence-electron chi connectivity index (χ4n) is 4.08. The Kier molecular flexibility index (Phi) is 13.7. The van der Waals surface area contributed by atoms with E-state index >= 15 is 0 Å². The zero-order valence-corrected chi connectivity index (χ0v) is 26.0. The number of hydrogen-bond donors (Lipinski definition) is 2. The van der Waals surface area contributed by atoms with Crippen LogP contribution in [0.4, 0.5) is 5.95 Å². The molecule has 0 spiro atoms. The fourth-order valence-corrected chi connectivity index (χ4v) is 4.54. The first-order chi connectivity index (χ1) is 18.5. The maximum atomic E-state index is 13.1. The number of imidazole rings is 1. The van der Waals surface area contributed by atoms with E-state index in [0.29, 0.717) is 12.8 Å². The maximum Gasteiger partial charge on any atom is 0.311 e. The number of nitrogens with one attached hydrogen (secondary N) is 1. The molecule has 0 aliphatic carbocycles. The van der Waals surface area contributed by atoms with Crippen molar-refractivity contribution in [2.75, 3.05) is 12.3 Å². The third-order valence-electron chi connectivity index (χ3n) is 6.53. The molecule has 2 heterocycles. The summed E-state index contributed by atoms with van der Waals surface area (Å²) in [4.78, 5) is 49.0. The largest absolute Gasteiger partial charge is 0.460 e. The Morgan fingerprint density at radius 2 is 1.69 bits per heavy atom. The Bertz CT molecular complexity index is 1140. The van der Waals surface area contributed by atoms with Gasteiger partial charge in [-0.2, -0.15) is 4.98 Å². The highest BCUT2D eigenvalue weighted by Gasteiger charge is 2.38. The van der Waals surface area contributed by atoms with Crippen molar-refractivity contribution in [2.24, 2.45) is 5.92 Å². The summed E-state index contributed by atoms with van der Waals surface area (Å²) in [7, 11) is 0. The maximum absolute atomic E-state index is 13.1. The van der Waals surface area contributed by atoms with Crippen LogP contribution in [-0.4, -0.2) is 42.4 Å². The number of carbonyl (C=O) groups is 2. The van der Waals surface area contributed by atoms with Crippen LogP contribution in [-0.2, 0) is 29.6 Å². The lowest BCUT2D eigenvalue weighted by atomic mass is 10.0. The van der Waals surface area contributed by atoms with Gasteiger partial charge in [-0.05, 0) is 19.8 Å². The number of hydrogen-bond acceptors (Lipinski definition) is 9. The average molecular weight is 662 g/mol. The molecule has 3 atom stereocenters. The van der Waals surface area contributed by atoms with Crippen LogP contribution in [0.5, 0.6) is 0 Å². The first kappa shape index (κ1) is 33.0. The van der Waals surface area contributed by atoms with Gasteiger partial charge in [-0.3, -0.25) is 14.4 Å². The summed E-state index contributed by atoms with van der Waals surface area (Å²) in [5.74, 6) is -2.70. The van der Waals surface area contributed by atoms with Crippen molar-refractivity contribution in [3.63, 3.8) is 0 Å². The number of nitrogens with zero attached hydrogens (tertiary/aromatic N) is 3. The van der Waals surface area contributed by atoms with Crippen LogP contribution < -0.4 is 11.3 Å². The van der Waals surface area contributed by atoms with Gasteiger partial charge in [0.15, 0.2) is 17.0 Å². The molecule has 11 nitrogen and oxygen atoms in total. The van der Waals surface area contributed by atoms with Gasteiger partial charge in [0.05, 0.1) is 35.4 Å². The summed E-state index contributed by atoms with van der Waals surface area (Å²) in [5.41, 5.74) is 5.58. The third kappa shape index (κ3) is 10.0. The van der Waals surface area contributed by atoms with Gasteiger partial charge in [0.1, 0.15) is 6.10 Å². The Hall–Kier alpha value is -2.22. The summed E-state index contributed by atoms with van der Waals surface area (Å²) >= 11 is 1.88. The number of nitrogens with two attached hydrogens (primary N) is 1. The number of rotatable bonds is 18. The van der Waals surface area contributed by atoms with E-state index in [9.17, 15) is 14.4 Å². The average Bonchev–Trinajstić information content (AvgIpc) is 3.36. The second-order valence-corrected chi connectivity index (χ2v) is 11.2. The van der Waals surface area contributed by atoms with Gasteiger partial charge in [-0.1, -0.05) is 72.1 Å². The van der Waals surface area contributed by atoms with Crippen molar-refractivity contribution in [2.45, 2.75) is 117 Å². The molecule has 0 aliphatic heterocycles. The number of H-pyrrole nitrogens is 1. The number of fused-ring (bicyclic) bond motifs is 1. The molecule has 0 radical (unpaired) electrons. The molecule has 2 aromatic heterocycles. The van der Waals surface area contributed by atoms with Gasteiger partial charge in [-0.15, -0.1) is 0 Å². The number of anilines is 1. The van der Waals surface area contributed by atoms with Crippen molar-refractivity contribution in [1.82, 2.24) is 17.7 Å². The molecular weight excluding hydrogens is 617 g/mol. The molecule has 0 aromatic carbocycles. The second-order valence-electron chi connectivity index (χ2n) is 10.2. The monoisotopic (exact) mass is 661 g/mol. The minimum Gasteiger partial charge on any atom is -0.460 e. The highest BCUT2D eigenvalue weighted by atomic mass is 127. The number of esters is 2. The standard InChI is InChI=1S/C27H44IN5O6/c1-6-8-10-12-14-16-20(34)38-19(4)17-37-27(5,39-24(36)18(3)15-13-11-9-7-2)25-30-21-22(31-25)33(28)26(29)32-23(21)35/h18-19H,6-17H2,1-5H3,(H,30,31)(H2,29,32,35). The third-order valence-corrected chi connectivity index (χ3v) is 7.48. The zero-order valence-electron chi connectivity index (χ0n) is 23.9. The Balaban J connectivity index is 2.17. The normalized spacial score (nSPS) is 14.6. The van der Waals surface area contributed by atoms with Crippen LogP contribution in [0.1, 0.15) is 111 Å². The molecule has 0 fully saturated rings. The summed E-state index contributed by atoms with van der Waals surface area (Å²) in [6, 6.07) is 0. The molecule has 39 heavy (non-hydrogen) atoms. The number of aromatic amines is 1. The molecule has 0 saturated heterocycles. The van der Waals surface area contributed by atoms with Crippen molar-refractivity contribution in [3.8, 4) is 0 Å². The first-order valence-corrected chi connectivity index (χ1v) is 15.0. The highest BCUT2D eigenvalue weighted by Crippen LogP contribution is 2.29. The predicted molar refractivity (Wildman–Crippen MR) is 158 cm³/mol. The number of aromatic nitrogens is 4. The molecule has 0 bridgehead atoms. The minimum absolute atomic E-state index is 0.0123. The molecule has 0 saturated carbocycles. The summed E-state index contributed by atoms with van der Waals surface area (Å²) in [6.07, 6.45) is 9.78. The number of unbranched alkanes of at least 4 members (excludes halogenated alkanes) is 7. The summed E-state index contributed by atoms with van der Waals surface area (Å²) in [6.45, 7) is 9.31. The van der Waals surface area contributed by atoms with Crippen molar-refractivity contribution >= 4 is 51.9 Å². The van der Waals surface area contributed by atoms with Gasteiger partial charge in [0, 0.05) is 13.3 Å². The lowest BCUT2D eigenvalue weighted by molar-refractivity contribution is -0.245. The van der Waals surface area contributed by atoms with Crippen LogP contribution in [0.15, 0.2) is 4.79 Å². The Morgan fingerprint density at radius 3 is 2.36 bits per heavy atom. The summed E-state index contributed by atoms with van der Waals surface area (Å²) < 4.78 is 18.9. The molecule has 2 aromatic rings. The topological polar surface area (TPSA) is 151 Å². The number of halogens is 1. The van der Waals surface area contributed by atoms with Gasteiger partial charge in [0.2, 0.25) is 5.95 Å². The summed E-state index contributed by atoms with van der Waals surface area (Å²) in [5, 5.41) is 0. The number of carbonyl (C=O) groups excluding carboxylic acids is 2. The molecule has 2 rings (SSSR count). The van der Waals surface area contributed by atoms with E-state index < -0.39 is 23.4 Å². The van der Waals surface area contributed by atoms with Crippen LogP contribution in [0.25, 0.3) is 11.2 Å². The predicted octanol–water partition coefficient (Wildman–Crippen LogP) is 5.53. The van der Waals surface area contributed by atoms with Gasteiger partial charge >= 0.3 is 17.5 Å². The van der Waals surface area contributed by atoms with E-state index in [1.165, 1.54) is 2.78 Å². The number of nitrogen functional groups attached to an aromatic ring is 1. The SMILES string of the molecule is CCCCCCCC(=O)OC(C)COC(C)(OC(=O)C(C)CCCCCC)c1nc2c([nH]1)c(=O)nc(N)n2I. The molecule has 0 aliphatic rings. The minimum atomic E-state index is -1.68. The molecular formula is C27H44IN5O6. The highest BCUT2D eigenvalue weighted by molar-refractivity contribution is 14.1. The lowest BCUT2D eigenvalue weighted by Gasteiger charge is -2.30. The zero-order chi connectivity index (χ0) is 29.0. The van der Waals surface area contributed by atoms with Gasteiger partial charge in [-0.25, -0.2) is 7.76 Å². The van der Waals surface area contributed by atoms with Gasteiger partial charge < -0.3 is 24.9 Å². The molecule has 0 amide bonds. The molecule has 3 N–H and O–H groups in total. The molecule has 3 unspecified atom stereocenters. The van der Waals surface area contributed by atoms with E-state index in [1.54, 1.807) is 13.8 Å². The van der Waals surface area contributed by atoms with Crippen molar-refractivity contribution < 1.29 is 23.8 Å². The van der Waals surface area contributed by atoms with Gasteiger partial charge in [0.25, 0.3) is 5.79 Å². The molecule has 12 heteroatoms. The van der Waals surface area contributed by atoms with E-state index in [4.69, 9.17) is 19.9 Å². The Labute approximate surface area is 244 Å². The second kappa shape index (κ2) is 16.1. The van der Waals surface area contributed by atoms with Crippen LogP contribution in [0.2, 0.25) is 0 Å². The van der Waals surface area contributed by atoms with E-state index in [0.717, 1.165) is 57.8 Å². The molecule has 220 valence electrons. The van der Waals surface area contributed by atoms with E-state index in [1.807, 2.05) is 29.8 Å². The number of ether oxygens (including phenoxy) is 3.